The van der Waals surface area contributed by atoms with Gasteiger partial charge in [0.05, 0.1) is 12.6 Å². The van der Waals surface area contributed by atoms with Crippen molar-refractivity contribution in [2.75, 3.05) is 0 Å². The summed E-state index contributed by atoms with van der Waals surface area (Å²) in [7, 11) is 0. The zero-order chi connectivity index (χ0) is 13.8. The van der Waals surface area contributed by atoms with Gasteiger partial charge < -0.3 is 15.5 Å². The van der Waals surface area contributed by atoms with Crippen molar-refractivity contribution in [2.24, 2.45) is 5.73 Å². The third kappa shape index (κ3) is 3.35. The number of carbonyl (C=O) groups is 1. The third-order valence-corrected chi connectivity index (χ3v) is 2.39. The van der Waals surface area contributed by atoms with Gasteiger partial charge in [-0.15, -0.1) is 10.2 Å². The van der Waals surface area contributed by atoms with Crippen LogP contribution in [0.15, 0.2) is 28.7 Å². The molecule has 3 N–H and O–H groups in total. The summed E-state index contributed by atoms with van der Waals surface area (Å²) < 4.78 is 18.1. The lowest BCUT2D eigenvalue weighted by Crippen LogP contribution is -2.37. The fraction of sp³-hybridized carbons (Fsp3) is 0.250. The van der Waals surface area contributed by atoms with Gasteiger partial charge in [-0.3, -0.25) is 4.79 Å². The van der Waals surface area contributed by atoms with Gasteiger partial charge >= 0.3 is 0 Å². The lowest BCUT2D eigenvalue weighted by atomic mass is 10.2. The Balaban J connectivity index is 2.03. The zero-order valence-corrected chi connectivity index (χ0v) is 10.3. The average Bonchev–Trinajstić information content (AvgIpc) is 2.85. The standard InChI is InChI=1S/C12H13FN4O2/c1-7(14)11(18)15-6-10-16-17-12(19-10)8-2-4-9(13)5-3-8/h2-5,7H,6,14H2,1H3,(H,15,18)/t7-/m1/s1. The van der Waals surface area contributed by atoms with Crippen LogP contribution in [-0.4, -0.2) is 22.1 Å². The van der Waals surface area contributed by atoms with Crippen LogP contribution < -0.4 is 11.1 Å². The molecule has 0 bridgehead atoms. The first kappa shape index (κ1) is 13.2. The van der Waals surface area contributed by atoms with Gasteiger partial charge in [0.25, 0.3) is 0 Å². The molecule has 0 saturated heterocycles. The van der Waals surface area contributed by atoms with Crippen molar-refractivity contribution < 1.29 is 13.6 Å². The number of halogens is 1. The molecule has 1 heterocycles. The van der Waals surface area contributed by atoms with Crippen LogP contribution in [0.1, 0.15) is 12.8 Å². The van der Waals surface area contributed by atoms with Crippen molar-refractivity contribution in [1.29, 1.82) is 0 Å². The summed E-state index contributed by atoms with van der Waals surface area (Å²) in [5.41, 5.74) is 6.01. The Hall–Kier alpha value is -2.28. The number of carbonyl (C=O) groups excluding carboxylic acids is 1. The molecule has 1 amide bonds. The minimum absolute atomic E-state index is 0.106. The van der Waals surface area contributed by atoms with Crippen LogP contribution in [0, 0.1) is 5.82 Å². The van der Waals surface area contributed by atoms with Crippen LogP contribution in [-0.2, 0) is 11.3 Å². The van der Waals surface area contributed by atoms with E-state index < -0.39 is 6.04 Å². The summed E-state index contributed by atoms with van der Waals surface area (Å²) in [5.74, 6) is -0.118. The number of nitrogens with one attached hydrogen (secondary N) is 1. The lowest BCUT2D eigenvalue weighted by Gasteiger charge is -2.04. The first-order chi connectivity index (χ1) is 9.06. The van der Waals surface area contributed by atoms with Crippen LogP contribution in [0.3, 0.4) is 0 Å². The van der Waals surface area contributed by atoms with E-state index in [1.54, 1.807) is 6.92 Å². The Morgan fingerprint density at radius 2 is 2.11 bits per heavy atom. The van der Waals surface area contributed by atoms with E-state index in [9.17, 15) is 9.18 Å². The maximum Gasteiger partial charge on any atom is 0.247 e. The molecule has 0 aliphatic carbocycles. The topological polar surface area (TPSA) is 94.0 Å². The zero-order valence-electron chi connectivity index (χ0n) is 10.3. The van der Waals surface area contributed by atoms with E-state index in [1.807, 2.05) is 0 Å². The van der Waals surface area contributed by atoms with Gasteiger partial charge in [0, 0.05) is 5.56 Å². The summed E-state index contributed by atoms with van der Waals surface area (Å²) >= 11 is 0. The van der Waals surface area contributed by atoms with Crippen LogP contribution in [0.2, 0.25) is 0 Å². The molecule has 2 rings (SSSR count). The Morgan fingerprint density at radius 1 is 1.42 bits per heavy atom. The average molecular weight is 264 g/mol. The summed E-state index contributed by atoms with van der Waals surface area (Å²) in [5, 5.41) is 10.1. The van der Waals surface area contributed by atoms with Gasteiger partial charge in [-0.25, -0.2) is 4.39 Å². The van der Waals surface area contributed by atoms with E-state index in [4.69, 9.17) is 10.2 Å². The first-order valence-corrected chi connectivity index (χ1v) is 5.68. The molecule has 19 heavy (non-hydrogen) atoms. The highest BCUT2D eigenvalue weighted by Gasteiger charge is 2.11. The van der Waals surface area contributed by atoms with Crippen LogP contribution in [0.25, 0.3) is 11.5 Å². The number of amides is 1. The molecular weight excluding hydrogens is 251 g/mol. The van der Waals surface area contributed by atoms with E-state index in [0.717, 1.165) is 0 Å². The van der Waals surface area contributed by atoms with Crippen molar-refractivity contribution in [3.63, 3.8) is 0 Å². The van der Waals surface area contributed by atoms with Gasteiger partial charge in [-0.2, -0.15) is 0 Å². The molecule has 1 atom stereocenters. The SMILES string of the molecule is C[C@@H](N)C(=O)NCc1nnc(-c2ccc(F)cc2)o1. The largest absolute Gasteiger partial charge is 0.419 e. The normalized spacial score (nSPS) is 12.2. The second-order valence-electron chi connectivity index (χ2n) is 4.01. The lowest BCUT2D eigenvalue weighted by molar-refractivity contribution is -0.122. The predicted molar refractivity (Wildman–Crippen MR) is 65.2 cm³/mol. The second-order valence-corrected chi connectivity index (χ2v) is 4.01. The highest BCUT2D eigenvalue weighted by atomic mass is 19.1. The van der Waals surface area contributed by atoms with E-state index in [1.165, 1.54) is 24.3 Å². The molecule has 1 aromatic heterocycles. The molecule has 1 aromatic carbocycles. The number of nitrogens with zero attached hydrogens (tertiary/aromatic N) is 2. The Kier molecular flexibility index (Phi) is 3.86. The Bertz CT molecular complexity index is 565. The summed E-state index contributed by atoms with van der Waals surface area (Å²) in [6.07, 6.45) is 0. The molecule has 6 nitrogen and oxygen atoms in total. The highest BCUT2D eigenvalue weighted by Crippen LogP contribution is 2.17. The van der Waals surface area contributed by atoms with Gasteiger partial charge in [-0.05, 0) is 31.2 Å². The number of rotatable bonds is 4. The van der Waals surface area contributed by atoms with E-state index in [2.05, 4.69) is 15.5 Å². The summed E-state index contributed by atoms with van der Waals surface area (Å²) in [4.78, 5) is 11.3. The molecule has 100 valence electrons. The van der Waals surface area contributed by atoms with Crippen molar-refractivity contribution in [2.45, 2.75) is 19.5 Å². The monoisotopic (exact) mass is 264 g/mol. The Morgan fingerprint density at radius 3 is 2.74 bits per heavy atom. The van der Waals surface area contributed by atoms with E-state index in [0.29, 0.717) is 5.56 Å². The molecule has 0 fully saturated rings. The minimum Gasteiger partial charge on any atom is -0.419 e. The summed E-state index contributed by atoms with van der Waals surface area (Å²) in [6, 6.07) is 5.08. The Labute approximate surface area is 108 Å². The fourth-order valence-electron chi connectivity index (χ4n) is 1.36. The fourth-order valence-corrected chi connectivity index (χ4v) is 1.36. The van der Waals surface area contributed by atoms with E-state index in [-0.39, 0.29) is 30.1 Å². The smallest absolute Gasteiger partial charge is 0.247 e. The first-order valence-electron chi connectivity index (χ1n) is 5.68. The van der Waals surface area contributed by atoms with Crippen LogP contribution in [0.4, 0.5) is 4.39 Å². The molecule has 7 heteroatoms. The molecular formula is C12H13FN4O2. The summed E-state index contributed by atoms with van der Waals surface area (Å²) in [6.45, 7) is 1.68. The quantitative estimate of drug-likeness (QED) is 0.853. The number of aromatic nitrogens is 2. The van der Waals surface area contributed by atoms with Crippen LogP contribution in [0.5, 0.6) is 0 Å². The maximum atomic E-state index is 12.8. The minimum atomic E-state index is -0.598. The molecule has 0 unspecified atom stereocenters. The van der Waals surface area contributed by atoms with Crippen molar-refractivity contribution in [1.82, 2.24) is 15.5 Å². The van der Waals surface area contributed by atoms with Gasteiger partial charge in [0.15, 0.2) is 0 Å². The third-order valence-electron chi connectivity index (χ3n) is 2.39. The molecule has 0 spiro atoms. The number of hydrogen-bond acceptors (Lipinski definition) is 5. The molecule has 2 aromatic rings. The van der Waals surface area contributed by atoms with Crippen LogP contribution >= 0.6 is 0 Å². The predicted octanol–water partition coefficient (Wildman–Crippen LogP) is 0.839. The van der Waals surface area contributed by atoms with Gasteiger partial charge in [0.1, 0.15) is 5.82 Å². The number of hydrogen-bond donors (Lipinski definition) is 2. The molecule has 0 saturated carbocycles. The molecule has 0 aliphatic heterocycles. The second kappa shape index (κ2) is 5.57. The van der Waals surface area contributed by atoms with Crippen molar-refractivity contribution >= 4 is 5.91 Å². The van der Waals surface area contributed by atoms with E-state index >= 15 is 0 Å². The highest BCUT2D eigenvalue weighted by molar-refractivity contribution is 5.80. The molecule has 0 radical (unpaired) electrons. The number of nitrogens with two attached hydrogens (primary N) is 1. The van der Waals surface area contributed by atoms with Crippen molar-refractivity contribution in [3.8, 4) is 11.5 Å². The van der Waals surface area contributed by atoms with Gasteiger partial charge in [0.2, 0.25) is 17.7 Å². The van der Waals surface area contributed by atoms with Crippen molar-refractivity contribution in [3.05, 3.63) is 36.0 Å². The number of benzene rings is 1. The maximum absolute atomic E-state index is 12.8. The molecule has 0 aliphatic rings. The van der Waals surface area contributed by atoms with Gasteiger partial charge in [-0.1, -0.05) is 0 Å².